The van der Waals surface area contributed by atoms with Gasteiger partial charge in [0.15, 0.2) is 5.92 Å². The Balaban J connectivity index is 4.44. The summed E-state index contributed by atoms with van der Waals surface area (Å²) in [6, 6.07) is -0.415. The van der Waals surface area contributed by atoms with Crippen LogP contribution in [0.2, 0.25) is 0 Å². The molecule has 0 aliphatic carbocycles. The minimum Gasteiger partial charge on any atom is -0.314 e. The second-order valence-corrected chi connectivity index (χ2v) is 3.20. The highest BCUT2D eigenvalue weighted by Crippen LogP contribution is 2.38. The Morgan fingerprint density at radius 2 is 1.29 bits per heavy atom. The van der Waals surface area contributed by atoms with Crippen LogP contribution in [0.5, 0.6) is 0 Å². The molecule has 1 N–H and O–H groups in total. The van der Waals surface area contributed by atoms with Crippen LogP contribution in [0.25, 0.3) is 0 Å². The van der Waals surface area contributed by atoms with E-state index in [4.69, 9.17) is 0 Å². The lowest BCUT2D eigenvalue weighted by Crippen LogP contribution is -2.44. The van der Waals surface area contributed by atoms with Crippen molar-refractivity contribution in [1.82, 2.24) is 5.32 Å². The normalized spacial score (nSPS) is 14.1. The van der Waals surface area contributed by atoms with Crippen molar-refractivity contribution in [3.05, 3.63) is 0 Å². The molecule has 1 nitrogen and oxygen atoms in total. The molecule has 0 saturated heterocycles. The van der Waals surface area contributed by atoms with Crippen molar-refractivity contribution in [2.75, 3.05) is 6.54 Å². The highest BCUT2D eigenvalue weighted by molar-refractivity contribution is 4.78. The van der Waals surface area contributed by atoms with E-state index in [9.17, 15) is 26.3 Å². The Labute approximate surface area is 77.5 Å². The van der Waals surface area contributed by atoms with E-state index >= 15 is 0 Å². The molecule has 0 atom stereocenters. The fourth-order valence-corrected chi connectivity index (χ4v) is 0.771. The first kappa shape index (κ1) is 13.5. The van der Waals surface area contributed by atoms with E-state index in [1.807, 2.05) is 0 Å². The third kappa shape index (κ3) is 4.69. The molecule has 0 heterocycles. The van der Waals surface area contributed by atoms with Crippen LogP contribution in [0, 0.1) is 5.92 Å². The van der Waals surface area contributed by atoms with E-state index in [1.54, 1.807) is 0 Å². The molecule has 0 aromatic carbocycles. The topological polar surface area (TPSA) is 12.0 Å². The van der Waals surface area contributed by atoms with Gasteiger partial charge in [-0.05, 0) is 0 Å². The summed E-state index contributed by atoms with van der Waals surface area (Å²) in [7, 11) is 0. The summed E-state index contributed by atoms with van der Waals surface area (Å²) in [5.74, 6) is -3.29. The Morgan fingerprint density at radius 3 is 1.50 bits per heavy atom. The predicted molar refractivity (Wildman–Crippen MR) is 38.7 cm³/mol. The molecular formula is C7H11F6N. The van der Waals surface area contributed by atoms with Crippen molar-refractivity contribution in [2.24, 2.45) is 5.92 Å². The van der Waals surface area contributed by atoms with Crippen LogP contribution >= 0.6 is 0 Å². The van der Waals surface area contributed by atoms with Gasteiger partial charge in [-0.15, -0.1) is 0 Å². The Bertz CT molecular complexity index is 156. The molecule has 14 heavy (non-hydrogen) atoms. The van der Waals surface area contributed by atoms with E-state index < -0.39 is 30.9 Å². The van der Waals surface area contributed by atoms with Crippen LogP contribution in [0.4, 0.5) is 26.3 Å². The molecule has 0 aliphatic heterocycles. The molecule has 0 aromatic rings. The number of rotatable bonds is 3. The molecular weight excluding hydrogens is 212 g/mol. The van der Waals surface area contributed by atoms with Gasteiger partial charge in [-0.3, -0.25) is 0 Å². The first-order valence-electron chi connectivity index (χ1n) is 3.92. The molecule has 0 radical (unpaired) electrons. The number of alkyl halides is 6. The quantitative estimate of drug-likeness (QED) is 0.725. The maximum atomic E-state index is 11.9. The fourth-order valence-electron chi connectivity index (χ4n) is 0.771. The first-order valence-corrected chi connectivity index (χ1v) is 3.92. The van der Waals surface area contributed by atoms with Gasteiger partial charge in [0, 0.05) is 12.6 Å². The zero-order valence-electron chi connectivity index (χ0n) is 7.63. The standard InChI is InChI=1S/C7H11F6N/c1-4(2)14-3-5(6(8,9)10)7(11,12)13/h4-5,14H,3H2,1-2H3. The molecule has 0 unspecified atom stereocenters. The molecule has 0 aliphatic rings. The minimum absolute atomic E-state index is 0.415. The van der Waals surface area contributed by atoms with Crippen LogP contribution in [-0.2, 0) is 0 Å². The summed E-state index contributed by atoms with van der Waals surface area (Å²) in [5.41, 5.74) is 0. The zero-order chi connectivity index (χ0) is 11.6. The summed E-state index contributed by atoms with van der Waals surface area (Å²) in [5, 5.41) is 2.12. The minimum atomic E-state index is -5.25. The van der Waals surface area contributed by atoms with Crippen molar-refractivity contribution in [3.8, 4) is 0 Å². The van der Waals surface area contributed by atoms with Gasteiger partial charge in [0.1, 0.15) is 0 Å². The molecule has 0 spiro atoms. The van der Waals surface area contributed by atoms with Gasteiger partial charge >= 0.3 is 12.4 Å². The van der Waals surface area contributed by atoms with Gasteiger partial charge in [0.05, 0.1) is 0 Å². The van der Waals surface area contributed by atoms with Gasteiger partial charge < -0.3 is 5.32 Å². The largest absolute Gasteiger partial charge is 0.401 e. The van der Waals surface area contributed by atoms with Crippen molar-refractivity contribution in [2.45, 2.75) is 32.2 Å². The van der Waals surface area contributed by atoms with Crippen LogP contribution in [0.3, 0.4) is 0 Å². The maximum Gasteiger partial charge on any atom is 0.401 e. The van der Waals surface area contributed by atoms with Gasteiger partial charge in [0.2, 0.25) is 0 Å². The average Bonchev–Trinajstić information content (AvgIpc) is 1.78. The summed E-state index contributed by atoms with van der Waals surface area (Å²) in [4.78, 5) is 0. The molecule has 0 rings (SSSR count). The number of hydrogen-bond acceptors (Lipinski definition) is 1. The van der Waals surface area contributed by atoms with Crippen molar-refractivity contribution in [1.29, 1.82) is 0 Å². The average molecular weight is 223 g/mol. The molecule has 0 amide bonds. The van der Waals surface area contributed by atoms with Crippen molar-refractivity contribution in [3.63, 3.8) is 0 Å². The number of nitrogens with one attached hydrogen (secondary N) is 1. The van der Waals surface area contributed by atoms with Crippen LogP contribution < -0.4 is 5.32 Å². The SMILES string of the molecule is CC(C)NCC(C(F)(F)F)C(F)(F)F. The van der Waals surface area contributed by atoms with E-state index in [0.717, 1.165) is 0 Å². The second kappa shape index (κ2) is 4.37. The Hall–Kier alpha value is -0.460. The van der Waals surface area contributed by atoms with Crippen LogP contribution in [0.1, 0.15) is 13.8 Å². The van der Waals surface area contributed by atoms with Crippen LogP contribution in [0.15, 0.2) is 0 Å². The lowest BCUT2D eigenvalue weighted by atomic mass is 10.1. The Kier molecular flexibility index (Phi) is 4.23. The summed E-state index contributed by atoms with van der Waals surface area (Å²) in [6.07, 6.45) is -10.5. The maximum absolute atomic E-state index is 11.9. The van der Waals surface area contributed by atoms with E-state index in [2.05, 4.69) is 5.32 Å². The Morgan fingerprint density at radius 1 is 0.929 bits per heavy atom. The second-order valence-electron chi connectivity index (χ2n) is 3.20. The smallest absolute Gasteiger partial charge is 0.314 e. The molecule has 86 valence electrons. The predicted octanol–water partition coefficient (Wildman–Crippen LogP) is 2.73. The van der Waals surface area contributed by atoms with Crippen molar-refractivity contribution < 1.29 is 26.3 Å². The zero-order valence-corrected chi connectivity index (χ0v) is 7.63. The lowest BCUT2D eigenvalue weighted by molar-refractivity contribution is -0.282. The monoisotopic (exact) mass is 223 g/mol. The highest BCUT2D eigenvalue weighted by Gasteiger charge is 2.56. The van der Waals surface area contributed by atoms with E-state index in [1.165, 1.54) is 13.8 Å². The highest BCUT2D eigenvalue weighted by atomic mass is 19.4. The van der Waals surface area contributed by atoms with Gasteiger partial charge in [-0.25, -0.2) is 0 Å². The summed E-state index contributed by atoms with van der Waals surface area (Å²) in [6.45, 7) is 1.82. The molecule has 0 aromatic heterocycles. The number of halogens is 6. The third-order valence-electron chi connectivity index (χ3n) is 1.52. The molecule has 0 fully saturated rings. The molecule has 7 heteroatoms. The van der Waals surface area contributed by atoms with Gasteiger partial charge in [-0.2, -0.15) is 26.3 Å². The molecule has 0 saturated carbocycles. The number of hydrogen-bond donors (Lipinski definition) is 1. The first-order chi connectivity index (χ1) is 6.05. The molecule has 0 bridgehead atoms. The fraction of sp³-hybridized carbons (Fsp3) is 1.00. The van der Waals surface area contributed by atoms with Crippen molar-refractivity contribution >= 4 is 0 Å². The summed E-state index contributed by atoms with van der Waals surface area (Å²) >= 11 is 0. The van der Waals surface area contributed by atoms with Crippen LogP contribution in [-0.4, -0.2) is 24.9 Å². The van der Waals surface area contributed by atoms with Gasteiger partial charge in [-0.1, -0.05) is 13.8 Å². The van der Waals surface area contributed by atoms with E-state index in [0.29, 0.717) is 0 Å². The summed E-state index contributed by atoms with van der Waals surface area (Å²) < 4.78 is 71.4. The third-order valence-corrected chi connectivity index (χ3v) is 1.52. The van der Waals surface area contributed by atoms with E-state index in [-0.39, 0.29) is 0 Å². The lowest BCUT2D eigenvalue weighted by Gasteiger charge is -2.24. The van der Waals surface area contributed by atoms with Gasteiger partial charge in [0.25, 0.3) is 0 Å².